The van der Waals surface area contributed by atoms with Crippen LogP contribution in [-0.2, 0) is 4.79 Å². The van der Waals surface area contributed by atoms with Crippen molar-refractivity contribution in [1.29, 1.82) is 0 Å². The molecule has 1 N–H and O–H groups in total. The number of carbonyl (C=O) groups excluding carboxylic acids is 1. The van der Waals surface area contributed by atoms with Crippen molar-refractivity contribution in [2.75, 3.05) is 5.32 Å². The number of halogens is 3. The highest BCUT2D eigenvalue weighted by molar-refractivity contribution is 5.90. The zero-order valence-electron chi connectivity index (χ0n) is 12.4. The smallest absolute Gasteiger partial charge is 0.248 e. The Morgan fingerprint density at radius 3 is 2.61 bits per heavy atom. The average molecular weight is 324 g/mol. The van der Waals surface area contributed by atoms with Crippen molar-refractivity contribution in [2.45, 2.75) is 32.1 Å². The molecule has 0 spiro atoms. The van der Waals surface area contributed by atoms with E-state index in [9.17, 15) is 18.0 Å². The van der Waals surface area contributed by atoms with Gasteiger partial charge in [0.1, 0.15) is 5.82 Å². The largest absolute Gasteiger partial charge is 0.308 e. The van der Waals surface area contributed by atoms with E-state index in [0.29, 0.717) is 11.4 Å². The normalized spacial score (nSPS) is 16.9. The maximum atomic E-state index is 12.9. The molecule has 1 aromatic carbocycles. The van der Waals surface area contributed by atoms with Crippen molar-refractivity contribution >= 4 is 11.7 Å². The van der Waals surface area contributed by atoms with Crippen LogP contribution in [0.2, 0.25) is 0 Å². The van der Waals surface area contributed by atoms with Crippen molar-refractivity contribution in [3.05, 3.63) is 35.8 Å². The van der Waals surface area contributed by atoms with Crippen molar-refractivity contribution < 1.29 is 18.0 Å². The molecule has 0 radical (unpaired) electrons. The first-order valence-electron chi connectivity index (χ1n) is 7.20. The second kappa shape index (κ2) is 5.68. The van der Waals surface area contributed by atoms with Crippen LogP contribution in [-0.4, -0.2) is 26.8 Å². The Balaban J connectivity index is 1.65. The van der Waals surface area contributed by atoms with Crippen LogP contribution in [0.4, 0.5) is 19.0 Å². The minimum absolute atomic E-state index is 0.0401. The molecule has 1 saturated carbocycles. The fourth-order valence-electron chi connectivity index (χ4n) is 2.65. The summed E-state index contributed by atoms with van der Waals surface area (Å²) in [5.74, 6) is -3.38. The van der Waals surface area contributed by atoms with Gasteiger partial charge < -0.3 is 5.32 Å². The van der Waals surface area contributed by atoms with Crippen molar-refractivity contribution in [1.82, 2.24) is 15.0 Å². The van der Waals surface area contributed by atoms with Crippen LogP contribution < -0.4 is 5.32 Å². The average Bonchev–Trinajstić information content (AvgIpc) is 2.79. The maximum Gasteiger partial charge on any atom is 0.248 e. The molecule has 122 valence electrons. The van der Waals surface area contributed by atoms with E-state index in [0.717, 1.165) is 0 Å². The molecule has 1 aromatic heterocycles. The molecule has 23 heavy (non-hydrogen) atoms. The number of hydrogen-bond donors (Lipinski definition) is 1. The maximum absolute atomic E-state index is 12.9. The lowest BCUT2D eigenvalue weighted by atomic mass is 9.79. The summed E-state index contributed by atoms with van der Waals surface area (Å²) >= 11 is 0. The molecule has 5 nitrogen and oxygen atoms in total. The van der Waals surface area contributed by atoms with Crippen molar-refractivity contribution in [2.24, 2.45) is 5.92 Å². The first kappa shape index (κ1) is 15.5. The molecule has 0 saturated heterocycles. The molecule has 8 heteroatoms. The Labute approximate surface area is 130 Å². The molecule has 2 aromatic rings. The van der Waals surface area contributed by atoms with Gasteiger partial charge in [-0.05, 0) is 37.1 Å². The number of hydrogen-bond acceptors (Lipinski definition) is 3. The van der Waals surface area contributed by atoms with Gasteiger partial charge in [-0.3, -0.25) is 4.79 Å². The molecule has 1 fully saturated rings. The Kier molecular flexibility index (Phi) is 3.83. The number of aromatic nitrogens is 3. The van der Waals surface area contributed by atoms with Crippen LogP contribution >= 0.6 is 0 Å². The Bertz CT molecular complexity index is 719. The molecule has 0 atom stereocenters. The molecule has 0 aliphatic heterocycles. The van der Waals surface area contributed by atoms with Crippen LogP contribution in [0.25, 0.3) is 5.69 Å². The first-order chi connectivity index (χ1) is 10.8. The van der Waals surface area contributed by atoms with E-state index in [1.165, 1.54) is 16.8 Å². The van der Waals surface area contributed by atoms with Gasteiger partial charge in [-0.1, -0.05) is 5.21 Å². The van der Waals surface area contributed by atoms with Gasteiger partial charge >= 0.3 is 0 Å². The SMILES string of the molecule is Cc1c(NC(=O)CC2CC(F)(F)C2)nnn1-c1ccc(F)cc1. The van der Waals surface area contributed by atoms with E-state index >= 15 is 0 Å². The number of alkyl halides is 2. The number of anilines is 1. The van der Waals surface area contributed by atoms with Crippen LogP contribution in [0, 0.1) is 18.7 Å². The topological polar surface area (TPSA) is 59.8 Å². The van der Waals surface area contributed by atoms with E-state index in [-0.39, 0.29) is 42.7 Å². The highest BCUT2D eigenvalue weighted by atomic mass is 19.3. The summed E-state index contributed by atoms with van der Waals surface area (Å²) < 4.78 is 39.9. The van der Waals surface area contributed by atoms with Gasteiger partial charge in [0, 0.05) is 19.3 Å². The number of carbonyl (C=O) groups is 1. The second-order valence-corrected chi connectivity index (χ2v) is 5.79. The third-order valence-corrected chi connectivity index (χ3v) is 3.87. The lowest BCUT2D eigenvalue weighted by Gasteiger charge is -2.34. The van der Waals surface area contributed by atoms with Gasteiger partial charge in [-0.2, -0.15) is 0 Å². The molecule has 0 bridgehead atoms. The van der Waals surface area contributed by atoms with Gasteiger partial charge in [-0.15, -0.1) is 5.10 Å². The zero-order chi connectivity index (χ0) is 16.6. The molecular weight excluding hydrogens is 309 g/mol. The number of benzene rings is 1. The summed E-state index contributed by atoms with van der Waals surface area (Å²) in [6.07, 6.45) is -0.457. The van der Waals surface area contributed by atoms with Gasteiger partial charge in [0.15, 0.2) is 5.82 Å². The minimum Gasteiger partial charge on any atom is -0.308 e. The second-order valence-electron chi connectivity index (χ2n) is 5.79. The van der Waals surface area contributed by atoms with Gasteiger partial charge in [0.2, 0.25) is 11.8 Å². The Hall–Kier alpha value is -2.38. The zero-order valence-corrected chi connectivity index (χ0v) is 12.4. The monoisotopic (exact) mass is 324 g/mol. The molecule has 3 rings (SSSR count). The number of amides is 1. The minimum atomic E-state index is -2.63. The fourth-order valence-corrected chi connectivity index (χ4v) is 2.65. The first-order valence-corrected chi connectivity index (χ1v) is 7.20. The number of nitrogens with one attached hydrogen (secondary N) is 1. The Morgan fingerprint density at radius 1 is 1.35 bits per heavy atom. The predicted molar refractivity (Wildman–Crippen MR) is 77.0 cm³/mol. The molecular formula is C15H15F3N4O. The van der Waals surface area contributed by atoms with E-state index in [2.05, 4.69) is 15.6 Å². The molecule has 1 aliphatic carbocycles. The van der Waals surface area contributed by atoms with Gasteiger partial charge in [0.25, 0.3) is 0 Å². The third-order valence-electron chi connectivity index (χ3n) is 3.87. The Morgan fingerprint density at radius 2 is 2.00 bits per heavy atom. The number of nitrogens with zero attached hydrogens (tertiary/aromatic N) is 3. The standard InChI is InChI=1S/C15H15F3N4O/c1-9-14(19-13(23)6-10-7-15(17,18)8-10)20-21-22(9)12-4-2-11(16)3-5-12/h2-5,10H,6-8H2,1H3,(H,19,23). The molecule has 1 aliphatic rings. The lowest BCUT2D eigenvalue weighted by molar-refractivity contribution is -0.129. The highest BCUT2D eigenvalue weighted by Crippen LogP contribution is 2.44. The molecule has 0 unspecified atom stereocenters. The lowest BCUT2D eigenvalue weighted by Crippen LogP contribution is -2.37. The number of rotatable bonds is 4. The third kappa shape index (κ3) is 3.35. The molecule has 1 amide bonds. The van der Waals surface area contributed by atoms with E-state index < -0.39 is 5.92 Å². The summed E-state index contributed by atoms with van der Waals surface area (Å²) in [6, 6.07) is 5.68. The fraction of sp³-hybridized carbons (Fsp3) is 0.400. The van der Waals surface area contributed by atoms with E-state index in [1.54, 1.807) is 19.1 Å². The summed E-state index contributed by atoms with van der Waals surface area (Å²) in [4.78, 5) is 11.9. The highest BCUT2D eigenvalue weighted by Gasteiger charge is 2.45. The van der Waals surface area contributed by atoms with Gasteiger partial charge in [0.05, 0.1) is 11.4 Å². The summed E-state index contributed by atoms with van der Waals surface area (Å²) in [6.45, 7) is 1.70. The van der Waals surface area contributed by atoms with Crippen LogP contribution in [0.3, 0.4) is 0 Å². The summed E-state index contributed by atoms with van der Waals surface area (Å²) in [5.41, 5.74) is 1.18. The molecule has 1 heterocycles. The van der Waals surface area contributed by atoms with Gasteiger partial charge in [-0.25, -0.2) is 17.9 Å². The summed E-state index contributed by atoms with van der Waals surface area (Å²) in [7, 11) is 0. The van der Waals surface area contributed by atoms with Crippen LogP contribution in [0.1, 0.15) is 25.0 Å². The van der Waals surface area contributed by atoms with Crippen molar-refractivity contribution in [3.8, 4) is 5.69 Å². The predicted octanol–water partition coefficient (Wildman–Crippen LogP) is 3.09. The summed E-state index contributed by atoms with van der Waals surface area (Å²) in [5, 5.41) is 10.4. The van der Waals surface area contributed by atoms with Crippen LogP contribution in [0.5, 0.6) is 0 Å². The van der Waals surface area contributed by atoms with E-state index in [1.807, 2.05) is 0 Å². The van der Waals surface area contributed by atoms with E-state index in [4.69, 9.17) is 0 Å². The quantitative estimate of drug-likeness (QED) is 0.940. The van der Waals surface area contributed by atoms with Crippen molar-refractivity contribution in [3.63, 3.8) is 0 Å². The van der Waals surface area contributed by atoms with Crippen LogP contribution in [0.15, 0.2) is 24.3 Å².